The lowest BCUT2D eigenvalue weighted by atomic mass is 10.3. The van der Waals surface area contributed by atoms with Gasteiger partial charge in [0.15, 0.2) is 6.61 Å². The summed E-state index contributed by atoms with van der Waals surface area (Å²) in [7, 11) is 1.67. The van der Waals surface area contributed by atoms with Gasteiger partial charge < -0.3 is 9.30 Å². The lowest BCUT2D eigenvalue weighted by Gasteiger charge is -2.07. The van der Waals surface area contributed by atoms with Gasteiger partial charge in [-0.15, -0.1) is 11.8 Å². The molecule has 1 aromatic carbocycles. The minimum absolute atomic E-state index is 0.139. The summed E-state index contributed by atoms with van der Waals surface area (Å²) >= 11 is 0.969. The molecule has 0 atom stereocenters. The van der Waals surface area contributed by atoms with E-state index in [1.54, 1.807) is 48.1 Å². The van der Waals surface area contributed by atoms with E-state index in [1.165, 1.54) is 6.07 Å². The summed E-state index contributed by atoms with van der Waals surface area (Å²) in [5, 5.41) is 2.12. The molecule has 8 heteroatoms. The molecule has 0 saturated carbocycles. The van der Waals surface area contributed by atoms with E-state index in [0.717, 1.165) is 11.8 Å². The standard InChI is InChI=1S/C16H15FN2O4S/c1-19-8-4-6-12(19)16(22)18-14(20)9-23-15(21)10-24-13-7-3-2-5-11(13)17/h2-8H,9-10H2,1H3,(H,18,20,22). The van der Waals surface area contributed by atoms with Crippen molar-refractivity contribution in [1.29, 1.82) is 0 Å². The van der Waals surface area contributed by atoms with Gasteiger partial charge in [0.05, 0.1) is 5.75 Å². The first-order chi connectivity index (χ1) is 11.5. The van der Waals surface area contributed by atoms with Crippen molar-refractivity contribution in [2.45, 2.75) is 4.90 Å². The maximum atomic E-state index is 13.4. The number of ether oxygens (including phenoxy) is 1. The Bertz CT molecular complexity index is 760. The first-order valence-electron chi connectivity index (χ1n) is 6.96. The van der Waals surface area contributed by atoms with E-state index in [1.807, 2.05) is 0 Å². The number of hydrogen-bond donors (Lipinski definition) is 1. The van der Waals surface area contributed by atoms with Crippen LogP contribution in [0.2, 0.25) is 0 Å². The zero-order valence-corrected chi connectivity index (χ0v) is 13.6. The number of carbonyl (C=O) groups is 3. The van der Waals surface area contributed by atoms with Crippen LogP contribution in [0.15, 0.2) is 47.5 Å². The Balaban J connectivity index is 1.73. The third kappa shape index (κ3) is 4.95. The van der Waals surface area contributed by atoms with Crippen molar-refractivity contribution in [3.8, 4) is 0 Å². The van der Waals surface area contributed by atoms with Crippen LogP contribution in [0.25, 0.3) is 0 Å². The van der Waals surface area contributed by atoms with E-state index in [2.05, 4.69) is 5.32 Å². The molecule has 2 rings (SSSR count). The maximum absolute atomic E-state index is 13.4. The van der Waals surface area contributed by atoms with Gasteiger partial charge in [0.25, 0.3) is 11.8 Å². The number of hydrogen-bond acceptors (Lipinski definition) is 5. The zero-order chi connectivity index (χ0) is 17.5. The molecule has 24 heavy (non-hydrogen) atoms. The number of benzene rings is 1. The number of rotatable bonds is 6. The highest BCUT2D eigenvalue weighted by Gasteiger charge is 2.15. The molecule has 1 heterocycles. The van der Waals surface area contributed by atoms with Gasteiger partial charge in [-0.1, -0.05) is 12.1 Å². The van der Waals surface area contributed by atoms with Gasteiger partial charge in [0.2, 0.25) is 0 Å². The largest absolute Gasteiger partial charge is 0.455 e. The Labute approximate surface area is 142 Å². The molecule has 0 unspecified atom stereocenters. The minimum Gasteiger partial charge on any atom is -0.455 e. The van der Waals surface area contributed by atoms with E-state index in [4.69, 9.17) is 4.74 Å². The van der Waals surface area contributed by atoms with Crippen LogP contribution in [0.5, 0.6) is 0 Å². The Morgan fingerprint density at radius 1 is 1.21 bits per heavy atom. The zero-order valence-electron chi connectivity index (χ0n) is 12.8. The SMILES string of the molecule is Cn1cccc1C(=O)NC(=O)COC(=O)CSc1ccccc1F. The molecule has 2 amide bonds. The van der Waals surface area contributed by atoms with Gasteiger partial charge in [-0.05, 0) is 24.3 Å². The molecule has 0 aliphatic heterocycles. The predicted octanol–water partition coefficient (Wildman–Crippen LogP) is 1.76. The van der Waals surface area contributed by atoms with Crippen molar-refractivity contribution in [3.63, 3.8) is 0 Å². The van der Waals surface area contributed by atoms with Crippen LogP contribution in [-0.4, -0.2) is 34.7 Å². The molecular formula is C16H15FN2O4S. The van der Waals surface area contributed by atoms with Gasteiger partial charge in [0, 0.05) is 18.1 Å². The van der Waals surface area contributed by atoms with Crippen LogP contribution in [0.4, 0.5) is 4.39 Å². The van der Waals surface area contributed by atoms with Crippen LogP contribution in [-0.2, 0) is 21.4 Å². The summed E-state index contributed by atoms with van der Waals surface area (Å²) in [6.07, 6.45) is 1.67. The fraction of sp³-hybridized carbons (Fsp3) is 0.188. The Kier molecular flexibility index (Phi) is 6.14. The summed E-state index contributed by atoms with van der Waals surface area (Å²) in [5.41, 5.74) is 0.310. The molecule has 0 aliphatic carbocycles. The highest BCUT2D eigenvalue weighted by atomic mass is 32.2. The van der Waals surface area contributed by atoms with Crippen molar-refractivity contribution in [2.24, 2.45) is 7.05 Å². The van der Waals surface area contributed by atoms with Crippen molar-refractivity contribution in [1.82, 2.24) is 9.88 Å². The summed E-state index contributed by atoms with van der Waals surface area (Å²) in [6.45, 7) is -0.577. The molecule has 2 aromatic rings. The van der Waals surface area contributed by atoms with Crippen molar-refractivity contribution >= 4 is 29.5 Å². The van der Waals surface area contributed by atoms with E-state index in [0.29, 0.717) is 10.6 Å². The molecule has 0 bridgehead atoms. The van der Waals surface area contributed by atoms with Gasteiger partial charge in [0.1, 0.15) is 11.5 Å². The van der Waals surface area contributed by atoms with Crippen molar-refractivity contribution in [3.05, 3.63) is 54.1 Å². The smallest absolute Gasteiger partial charge is 0.316 e. The van der Waals surface area contributed by atoms with Gasteiger partial charge in [-0.2, -0.15) is 0 Å². The first kappa shape index (κ1) is 17.7. The highest BCUT2D eigenvalue weighted by molar-refractivity contribution is 8.00. The second-order valence-electron chi connectivity index (χ2n) is 4.76. The minimum atomic E-state index is -0.731. The number of thioether (sulfide) groups is 1. The lowest BCUT2D eigenvalue weighted by Crippen LogP contribution is -2.35. The fourth-order valence-electron chi connectivity index (χ4n) is 1.81. The number of esters is 1. The molecule has 0 saturated heterocycles. The first-order valence-corrected chi connectivity index (χ1v) is 7.94. The van der Waals surface area contributed by atoms with E-state index in [9.17, 15) is 18.8 Å². The third-order valence-electron chi connectivity index (χ3n) is 2.98. The molecular weight excluding hydrogens is 335 g/mol. The number of halogens is 1. The lowest BCUT2D eigenvalue weighted by molar-refractivity contribution is -0.145. The normalized spacial score (nSPS) is 10.2. The Hall–Kier alpha value is -2.61. The number of aryl methyl sites for hydroxylation is 1. The summed E-state index contributed by atoms with van der Waals surface area (Å²) in [6, 6.07) is 9.25. The molecule has 126 valence electrons. The molecule has 1 N–H and O–H groups in total. The third-order valence-corrected chi connectivity index (χ3v) is 4.00. The van der Waals surface area contributed by atoms with E-state index < -0.39 is 30.2 Å². The van der Waals surface area contributed by atoms with Crippen molar-refractivity contribution < 1.29 is 23.5 Å². The number of carbonyl (C=O) groups excluding carboxylic acids is 3. The van der Waals surface area contributed by atoms with Crippen molar-refractivity contribution in [2.75, 3.05) is 12.4 Å². The van der Waals surface area contributed by atoms with E-state index >= 15 is 0 Å². The maximum Gasteiger partial charge on any atom is 0.316 e. The second-order valence-corrected chi connectivity index (χ2v) is 5.78. The topological polar surface area (TPSA) is 77.4 Å². The Morgan fingerprint density at radius 3 is 2.62 bits per heavy atom. The molecule has 6 nitrogen and oxygen atoms in total. The molecule has 0 radical (unpaired) electrons. The average Bonchev–Trinajstić information content (AvgIpc) is 2.98. The molecule has 0 spiro atoms. The quantitative estimate of drug-likeness (QED) is 0.634. The van der Waals surface area contributed by atoms with Crippen LogP contribution < -0.4 is 5.32 Å². The Morgan fingerprint density at radius 2 is 1.96 bits per heavy atom. The molecule has 1 aromatic heterocycles. The fourth-order valence-corrected chi connectivity index (χ4v) is 2.55. The number of amides is 2. The van der Waals surface area contributed by atoms with Gasteiger partial charge >= 0.3 is 5.97 Å². The molecule has 0 aliphatic rings. The highest BCUT2D eigenvalue weighted by Crippen LogP contribution is 2.20. The molecule has 0 fully saturated rings. The van der Waals surface area contributed by atoms with Gasteiger partial charge in [-0.3, -0.25) is 19.7 Å². The van der Waals surface area contributed by atoms with Crippen LogP contribution in [0, 0.1) is 5.82 Å². The monoisotopic (exact) mass is 350 g/mol. The summed E-state index contributed by atoms with van der Waals surface area (Å²) in [4.78, 5) is 35.3. The summed E-state index contributed by atoms with van der Waals surface area (Å²) < 4.78 is 19.7. The van der Waals surface area contributed by atoms with Gasteiger partial charge in [-0.25, -0.2) is 4.39 Å². The van der Waals surface area contributed by atoms with Crippen LogP contribution >= 0.6 is 11.8 Å². The van der Waals surface area contributed by atoms with Crippen LogP contribution in [0.3, 0.4) is 0 Å². The van der Waals surface area contributed by atoms with E-state index in [-0.39, 0.29) is 5.75 Å². The van der Waals surface area contributed by atoms with Crippen LogP contribution in [0.1, 0.15) is 10.5 Å². The number of aromatic nitrogens is 1. The number of imide groups is 1. The predicted molar refractivity (Wildman–Crippen MR) is 86.0 cm³/mol. The number of nitrogens with one attached hydrogen (secondary N) is 1. The number of nitrogens with zero attached hydrogens (tertiary/aromatic N) is 1. The summed E-state index contributed by atoms with van der Waals surface area (Å²) in [5.74, 6) is -2.55. The second kappa shape index (κ2) is 8.30. The average molecular weight is 350 g/mol.